The van der Waals surface area contributed by atoms with Gasteiger partial charge in [0.1, 0.15) is 18.9 Å². The summed E-state index contributed by atoms with van der Waals surface area (Å²) >= 11 is 1.49. The van der Waals surface area contributed by atoms with Gasteiger partial charge >= 0.3 is 0 Å². The maximum Gasteiger partial charge on any atom is 0.260 e. The van der Waals surface area contributed by atoms with E-state index in [0.29, 0.717) is 17.2 Å². The Bertz CT molecular complexity index is 922. The molecule has 0 saturated carbocycles. The molecule has 0 bridgehead atoms. The second kappa shape index (κ2) is 8.77. The molecular weight excluding hydrogens is 377 g/mol. The van der Waals surface area contributed by atoms with E-state index in [1.807, 2.05) is 24.3 Å². The molecule has 2 heterocycles. The van der Waals surface area contributed by atoms with E-state index in [9.17, 15) is 9.18 Å². The number of halogens is 1. The maximum absolute atomic E-state index is 13.7. The molecule has 0 atom stereocenters. The van der Waals surface area contributed by atoms with Crippen molar-refractivity contribution in [3.05, 3.63) is 59.9 Å². The van der Waals surface area contributed by atoms with Crippen molar-refractivity contribution in [1.29, 1.82) is 0 Å². The van der Waals surface area contributed by atoms with Crippen molar-refractivity contribution < 1.29 is 18.8 Å². The van der Waals surface area contributed by atoms with Crippen LogP contribution in [0.5, 0.6) is 0 Å². The second-order valence-electron chi connectivity index (χ2n) is 6.90. The van der Waals surface area contributed by atoms with Crippen LogP contribution in [0.1, 0.15) is 16.8 Å². The van der Waals surface area contributed by atoms with E-state index in [1.165, 1.54) is 28.4 Å². The number of rotatable bonds is 6. The molecule has 28 heavy (non-hydrogen) atoms. The van der Waals surface area contributed by atoms with E-state index in [0.717, 1.165) is 49.5 Å². The first-order chi connectivity index (χ1) is 13.7. The van der Waals surface area contributed by atoms with E-state index in [2.05, 4.69) is 4.98 Å². The molecule has 1 aromatic heterocycles. The highest BCUT2D eigenvalue weighted by molar-refractivity contribution is 7.22. The van der Waals surface area contributed by atoms with Crippen molar-refractivity contribution in [2.24, 2.45) is 0 Å². The van der Waals surface area contributed by atoms with Crippen molar-refractivity contribution in [1.82, 2.24) is 4.98 Å². The topological polar surface area (TPSA) is 46.9 Å². The molecule has 1 amide bonds. The van der Waals surface area contributed by atoms with Gasteiger partial charge in [-0.15, -0.1) is 0 Å². The zero-order chi connectivity index (χ0) is 19.3. The Kier molecular flexibility index (Phi) is 5.95. The van der Waals surface area contributed by atoms with E-state index in [4.69, 9.17) is 4.74 Å². The Balaban J connectivity index is 1.55. The SMILES string of the molecule is O=C(c1cccc(F)c1)N(CCC[NH+]1CCOCC1)c1nc2ccccc2s1. The lowest BCUT2D eigenvalue weighted by Gasteiger charge is -2.25. The number of para-hydroxylation sites is 1. The van der Waals surface area contributed by atoms with Crippen LogP contribution in [0.2, 0.25) is 0 Å². The Hall–Kier alpha value is -2.35. The zero-order valence-electron chi connectivity index (χ0n) is 15.6. The number of nitrogens with one attached hydrogen (secondary N) is 1. The molecule has 1 fully saturated rings. The van der Waals surface area contributed by atoms with E-state index in [-0.39, 0.29) is 5.91 Å². The van der Waals surface area contributed by atoms with Gasteiger partial charge in [-0.25, -0.2) is 9.37 Å². The molecule has 0 unspecified atom stereocenters. The van der Waals surface area contributed by atoms with Gasteiger partial charge in [0, 0.05) is 18.5 Å². The first kappa shape index (κ1) is 19.0. The van der Waals surface area contributed by atoms with Gasteiger partial charge in [-0.1, -0.05) is 29.5 Å². The smallest absolute Gasteiger partial charge is 0.260 e. The van der Waals surface area contributed by atoms with Crippen molar-refractivity contribution in [2.45, 2.75) is 6.42 Å². The van der Waals surface area contributed by atoms with Gasteiger partial charge in [-0.05, 0) is 30.3 Å². The Labute approximate surface area is 167 Å². The highest BCUT2D eigenvalue weighted by Crippen LogP contribution is 2.29. The fourth-order valence-corrected chi connectivity index (χ4v) is 4.42. The van der Waals surface area contributed by atoms with Crippen LogP contribution in [0, 0.1) is 5.82 Å². The summed E-state index contributed by atoms with van der Waals surface area (Å²) in [6.45, 7) is 5.11. The van der Waals surface area contributed by atoms with Gasteiger partial charge in [-0.2, -0.15) is 0 Å². The highest BCUT2D eigenvalue weighted by Gasteiger charge is 2.22. The molecule has 1 aliphatic heterocycles. The first-order valence-electron chi connectivity index (χ1n) is 9.55. The fourth-order valence-electron chi connectivity index (χ4n) is 3.43. The predicted molar refractivity (Wildman–Crippen MR) is 109 cm³/mol. The summed E-state index contributed by atoms with van der Waals surface area (Å²) in [7, 11) is 0. The van der Waals surface area contributed by atoms with Crippen LogP contribution < -0.4 is 9.80 Å². The summed E-state index contributed by atoms with van der Waals surface area (Å²) in [6, 6.07) is 13.7. The number of quaternary nitrogens is 1. The van der Waals surface area contributed by atoms with Gasteiger partial charge in [0.15, 0.2) is 5.13 Å². The molecule has 1 aliphatic rings. The number of thiazole rings is 1. The van der Waals surface area contributed by atoms with Crippen LogP contribution in [0.15, 0.2) is 48.5 Å². The lowest BCUT2D eigenvalue weighted by molar-refractivity contribution is -0.908. The Morgan fingerprint density at radius 3 is 2.79 bits per heavy atom. The van der Waals surface area contributed by atoms with Crippen LogP contribution in [0.4, 0.5) is 9.52 Å². The first-order valence-corrected chi connectivity index (χ1v) is 10.4. The highest BCUT2D eigenvalue weighted by atomic mass is 32.1. The number of fused-ring (bicyclic) bond motifs is 1. The number of aromatic nitrogens is 1. The third-order valence-corrected chi connectivity index (χ3v) is 6.00. The van der Waals surface area contributed by atoms with Crippen molar-refractivity contribution >= 4 is 32.6 Å². The second-order valence-corrected chi connectivity index (χ2v) is 7.91. The van der Waals surface area contributed by atoms with Crippen molar-refractivity contribution in [3.63, 3.8) is 0 Å². The van der Waals surface area contributed by atoms with Gasteiger partial charge < -0.3 is 9.64 Å². The van der Waals surface area contributed by atoms with Crippen LogP contribution in [-0.2, 0) is 4.74 Å². The third-order valence-electron chi connectivity index (χ3n) is 4.94. The molecule has 7 heteroatoms. The summed E-state index contributed by atoms with van der Waals surface area (Å²) in [5.41, 5.74) is 1.22. The molecule has 5 nitrogen and oxygen atoms in total. The quantitative estimate of drug-likeness (QED) is 0.691. The number of nitrogens with zero attached hydrogens (tertiary/aromatic N) is 2. The predicted octanol–water partition coefficient (Wildman–Crippen LogP) is 2.39. The van der Waals surface area contributed by atoms with Crippen molar-refractivity contribution in [2.75, 3.05) is 44.3 Å². The zero-order valence-corrected chi connectivity index (χ0v) is 16.4. The lowest BCUT2D eigenvalue weighted by atomic mass is 10.2. The molecule has 0 spiro atoms. The molecule has 3 aromatic rings. The van der Waals surface area contributed by atoms with E-state index in [1.54, 1.807) is 17.0 Å². The molecular formula is C21H23FN3O2S+. The molecule has 1 saturated heterocycles. The van der Waals surface area contributed by atoms with Gasteiger partial charge in [0.25, 0.3) is 5.91 Å². The normalized spacial score (nSPS) is 15.0. The summed E-state index contributed by atoms with van der Waals surface area (Å²) in [5, 5.41) is 0.660. The van der Waals surface area contributed by atoms with Gasteiger partial charge in [0.05, 0.1) is 30.0 Å². The number of carbonyl (C=O) groups is 1. The summed E-state index contributed by atoms with van der Waals surface area (Å²) in [5.74, 6) is -0.622. The minimum absolute atomic E-state index is 0.212. The van der Waals surface area contributed by atoms with Gasteiger partial charge in [-0.3, -0.25) is 9.69 Å². The number of amides is 1. The number of ether oxygens (including phenoxy) is 1. The number of benzene rings is 2. The number of anilines is 1. The lowest BCUT2D eigenvalue weighted by Crippen LogP contribution is -3.14. The number of hydrogen-bond donors (Lipinski definition) is 1. The molecule has 2 aromatic carbocycles. The van der Waals surface area contributed by atoms with Crippen LogP contribution >= 0.6 is 11.3 Å². The third kappa shape index (κ3) is 4.38. The van der Waals surface area contributed by atoms with Crippen LogP contribution in [-0.4, -0.2) is 50.3 Å². The molecule has 1 N–H and O–H groups in total. The van der Waals surface area contributed by atoms with Crippen molar-refractivity contribution in [3.8, 4) is 0 Å². The number of carbonyl (C=O) groups excluding carboxylic acids is 1. The molecule has 0 aliphatic carbocycles. The maximum atomic E-state index is 13.7. The summed E-state index contributed by atoms with van der Waals surface area (Å²) in [6.07, 6.45) is 0.853. The number of morpholine rings is 1. The fraction of sp³-hybridized carbons (Fsp3) is 0.333. The molecule has 0 radical (unpaired) electrons. The Morgan fingerprint density at radius 1 is 1.18 bits per heavy atom. The van der Waals surface area contributed by atoms with Gasteiger partial charge in [0.2, 0.25) is 0 Å². The average Bonchev–Trinajstić information content (AvgIpc) is 3.15. The average molecular weight is 400 g/mol. The molecule has 4 rings (SSSR count). The largest absolute Gasteiger partial charge is 0.370 e. The monoisotopic (exact) mass is 400 g/mol. The minimum Gasteiger partial charge on any atom is -0.370 e. The minimum atomic E-state index is -0.409. The van der Waals surface area contributed by atoms with E-state index < -0.39 is 5.82 Å². The molecule has 146 valence electrons. The summed E-state index contributed by atoms with van der Waals surface area (Å²) in [4.78, 5) is 21.0. The number of hydrogen-bond acceptors (Lipinski definition) is 4. The summed E-state index contributed by atoms with van der Waals surface area (Å²) < 4.78 is 20.1. The van der Waals surface area contributed by atoms with E-state index >= 15 is 0 Å². The van der Waals surface area contributed by atoms with Crippen LogP contribution in [0.3, 0.4) is 0 Å². The Morgan fingerprint density at radius 2 is 2.00 bits per heavy atom. The van der Waals surface area contributed by atoms with Crippen LogP contribution in [0.25, 0.3) is 10.2 Å². The standard InChI is InChI=1S/C21H22FN3O2S/c22-17-6-3-5-16(15-17)20(26)25(10-4-9-24-11-13-27-14-12-24)21-23-18-7-1-2-8-19(18)28-21/h1-3,5-8,15H,4,9-14H2/p+1.